The summed E-state index contributed by atoms with van der Waals surface area (Å²) in [5.41, 5.74) is 2.95. The number of carbonyl (C=O) groups excluding carboxylic acids is 2. The van der Waals surface area contributed by atoms with Gasteiger partial charge in [-0.15, -0.1) is 11.3 Å². The number of nitrogens with zero attached hydrogens (tertiary/aromatic N) is 4. The number of nitrogens with one attached hydrogen (secondary N) is 2. The van der Waals surface area contributed by atoms with Crippen LogP contribution < -0.4 is 10.6 Å². The molecule has 2 amide bonds. The lowest BCUT2D eigenvalue weighted by Crippen LogP contribution is -2.27. The minimum absolute atomic E-state index is 0.105. The van der Waals surface area contributed by atoms with Crippen LogP contribution in [0.3, 0.4) is 0 Å². The van der Waals surface area contributed by atoms with Gasteiger partial charge in [0.15, 0.2) is 0 Å². The summed E-state index contributed by atoms with van der Waals surface area (Å²) in [6.07, 6.45) is 5.11. The fourth-order valence-electron chi connectivity index (χ4n) is 3.44. The molecule has 4 aromatic rings. The zero-order chi connectivity index (χ0) is 22.7. The van der Waals surface area contributed by atoms with Crippen molar-refractivity contribution < 1.29 is 14.3 Å². The first-order valence-electron chi connectivity index (χ1n) is 9.88. The van der Waals surface area contributed by atoms with Crippen molar-refractivity contribution in [3.63, 3.8) is 0 Å². The number of fused-ring (bicyclic) bond motifs is 1. The van der Waals surface area contributed by atoms with Gasteiger partial charge in [0.25, 0.3) is 5.91 Å². The number of methoxy groups -OCH3 is 1. The monoisotopic (exact) mass is 450 g/mol. The Bertz CT molecular complexity index is 1250. The van der Waals surface area contributed by atoms with E-state index >= 15 is 0 Å². The second-order valence-electron chi connectivity index (χ2n) is 7.17. The zero-order valence-electron chi connectivity index (χ0n) is 17.8. The van der Waals surface area contributed by atoms with E-state index in [0.29, 0.717) is 28.1 Å². The summed E-state index contributed by atoms with van der Waals surface area (Å²) >= 11 is 1.47. The first-order chi connectivity index (χ1) is 15.5. The Hall–Kier alpha value is -3.63. The van der Waals surface area contributed by atoms with Crippen molar-refractivity contribution in [2.45, 2.75) is 13.0 Å². The second kappa shape index (κ2) is 9.25. The molecule has 0 saturated carbocycles. The van der Waals surface area contributed by atoms with E-state index in [0.717, 1.165) is 10.6 Å². The van der Waals surface area contributed by atoms with Crippen LogP contribution >= 0.6 is 11.3 Å². The maximum atomic E-state index is 13.0. The van der Waals surface area contributed by atoms with Gasteiger partial charge in [-0.3, -0.25) is 14.6 Å². The highest BCUT2D eigenvalue weighted by atomic mass is 32.1. The van der Waals surface area contributed by atoms with Gasteiger partial charge >= 0.3 is 0 Å². The highest BCUT2D eigenvalue weighted by Crippen LogP contribution is 2.30. The number of rotatable bonds is 7. The molecule has 0 fully saturated rings. The van der Waals surface area contributed by atoms with Gasteiger partial charge in [0.2, 0.25) is 5.91 Å². The van der Waals surface area contributed by atoms with Crippen LogP contribution in [0.2, 0.25) is 0 Å². The molecule has 0 spiro atoms. The molecule has 3 heterocycles. The quantitative estimate of drug-likeness (QED) is 0.447. The van der Waals surface area contributed by atoms with Crippen molar-refractivity contribution in [1.29, 1.82) is 0 Å². The minimum atomic E-state index is -0.327. The van der Waals surface area contributed by atoms with Crippen molar-refractivity contribution in [2.75, 3.05) is 19.0 Å². The molecule has 0 saturated heterocycles. The van der Waals surface area contributed by atoms with Crippen molar-refractivity contribution in [2.24, 2.45) is 7.05 Å². The van der Waals surface area contributed by atoms with Crippen LogP contribution in [-0.2, 0) is 16.6 Å². The first kappa shape index (κ1) is 21.6. The molecule has 10 heteroatoms. The fourth-order valence-corrected chi connectivity index (χ4v) is 4.08. The molecule has 0 aliphatic carbocycles. The number of aromatic nitrogens is 4. The van der Waals surface area contributed by atoms with Gasteiger partial charge < -0.3 is 19.9 Å². The summed E-state index contributed by atoms with van der Waals surface area (Å²) in [6, 6.07) is 6.84. The normalized spacial score (nSPS) is 12.0. The SMILES string of the molecule is COCC(=O)Nc1cc(C(=O)N[C@H](C)c2nccs2)cc2nc(-c3cccnc3)n(C)c12. The third-order valence-electron chi connectivity index (χ3n) is 4.87. The van der Waals surface area contributed by atoms with E-state index < -0.39 is 0 Å². The molecule has 0 bridgehead atoms. The zero-order valence-corrected chi connectivity index (χ0v) is 18.6. The van der Waals surface area contributed by atoms with E-state index in [1.165, 1.54) is 18.4 Å². The molecule has 32 heavy (non-hydrogen) atoms. The lowest BCUT2D eigenvalue weighted by atomic mass is 10.1. The molecule has 1 atom stereocenters. The van der Waals surface area contributed by atoms with Gasteiger partial charge in [-0.05, 0) is 31.2 Å². The van der Waals surface area contributed by atoms with Crippen LogP contribution in [0.25, 0.3) is 22.4 Å². The molecule has 2 N–H and O–H groups in total. The van der Waals surface area contributed by atoms with E-state index in [2.05, 4.69) is 20.6 Å². The van der Waals surface area contributed by atoms with Crippen molar-refractivity contribution >= 4 is 39.9 Å². The van der Waals surface area contributed by atoms with Crippen LogP contribution in [0.1, 0.15) is 28.3 Å². The van der Waals surface area contributed by atoms with E-state index in [1.54, 1.807) is 30.7 Å². The third kappa shape index (κ3) is 4.36. The Balaban J connectivity index is 1.76. The highest BCUT2D eigenvalue weighted by molar-refractivity contribution is 7.09. The molecule has 9 nitrogen and oxygen atoms in total. The molecule has 0 aliphatic rings. The summed E-state index contributed by atoms with van der Waals surface area (Å²) < 4.78 is 6.81. The van der Waals surface area contributed by atoms with E-state index in [-0.39, 0.29) is 24.5 Å². The molecule has 0 aliphatic heterocycles. The van der Waals surface area contributed by atoms with E-state index in [1.807, 2.05) is 36.1 Å². The number of aryl methyl sites for hydroxylation is 1. The molecular formula is C22H22N6O3S. The summed E-state index contributed by atoms with van der Waals surface area (Å²) in [6.45, 7) is 1.77. The molecule has 0 unspecified atom stereocenters. The Morgan fingerprint density at radius 3 is 2.81 bits per heavy atom. The van der Waals surface area contributed by atoms with Crippen LogP contribution in [0.15, 0.2) is 48.2 Å². The average molecular weight is 451 g/mol. The van der Waals surface area contributed by atoms with Gasteiger partial charge in [-0.1, -0.05) is 0 Å². The fraction of sp³-hybridized carbons (Fsp3) is 0.227. The van der Waals surface area contributed by atoms with Crippen LogP contribution in [-0.4, -0.2) is 45.1 Å². The van der Waals surface area contributed by atoms with Crippen molar-refractivity contribution in [3.05, 3.63) is 58.8 Å². The van der Waals surface area contributed by atoms with Crippen molar-refractivity contribution in [3.8, 4) is 11.4 Å². The van der Waals surface area contributed by atoms with E-state index in [4.69, 9.17) is 9.72 Å². The largest absolute Gasteiger partial charge is 0.375 e. The molecule has 164 valence electrons. The molecular weight excluding hydrogens is 428 g/mol. The average Bonchev–Trinajstić information content (AvgIpc) is 3.43. The number of ether oxygens (including phenoxy) is 1. The Labute approximate surface area is 188 Å². The highest BCUT2D eigenvalue weighted by Gasteiger charge is 2.20. The number of thiazole rings is 1. The maximum absolute atomic E-state index is 13.0. The number of amides is 2. The Morgan fingerprint density at radius 2 is 2.12 bits per heavy atom. The summed E-state index contributed by atoms with van der Waals surface area (Å²) in [5.74, 6) is 0.0566. The number of carbonyl (C=O) groups is 2. The topological polar surface area (TPSA) is 111 Å². The molecule has 4 rings (SSSR count). The summed E-state index contributed by atoms with van der Waals surface area (Å²) in [4.78, 5) is 38.4. The summed E-state index contributed by atoms with van der Waals surface area (Å²) in [5, 5.41) is 8.46. The van der Waals surface area contributed by atoms with Crippen LogP contribution in [0, 0.1) is 0 Å². The lowest BCUT2D eigenvalue weighted by Gasteiger charge is -2.13. The van der Waals surface area contributed by atoms with Gasteiger partial charge in [0.05, 0.1) is 22.8 Å². The smallest absolute Gasteiger partial charge is 0.251 e. The van der Waals surface area contributed by atoms with Gasteiger partial charge in [0.1, 0.15) is 17.4 Å². The number of imidazole rings is 1. The second-order valence-corrected chi connectivity index (χ2v) is 8.10. The predicted molar refractivity (Wildman–Crippen MR) is 122 cm³/mol. The molecule has 0 radical (unpaired) electrons. The van der Waals surface area contributed by atoms with Gasteiger partial charge in [-0.25, -0.2) is 9.97 Å². The number of anilines is 1. The van der Waals surface area contributed by atoms with Crippen molar-refractivity contribution in [1.82, 2.24) is 24.8 Å². The predicted octanol–water partition coefficient (Wildman–Crippen LogP) is 3.17. The van der Waals surface area contributed by atoms with Crippen LogP contribution in [0.5, 0.6) is 0 Å². The van der Waals surface area contributed by atoms with Gasteiger partial charge in [-0.2, -0.15) is 0 Å². The first-order valence-corrected chi connectivity index (χ1v) is 10.8. The Morgan fingerprint density at radius 1 is 1.28 bits per heavy atom. The minimum Gasteiger partial charge on any atom is -0.375 e. The molecule has 1 aromatic carbocycles. The lowest BCUT2D eigenvalue weighted by molar-refractivity contribution is -0.119. The third-order valence-corrected chi connectivity index (χ3v) is 5.83. The summed E-state index contributed by atoms with van der Waals surface area (Å²) in [7, 11) is 3.30. The number of benzene rings is 1. The maximum Gasteiger partial charge on any atom is 0.251 e. The standard InChI is InChI=1S/C22H22N6O3S/c1-13(22-24-7-8-32-22)25-21(30)15-9-16(26-18(29)12-31-3)19-17(10-15)27-20(28(19)2)14-5-4-6-23-11-14/h4-11,13H,12H2,1-3H3,(H,25,30)(H,26,29)/t13-/m1/s1. The number of hydrogen-bond acceptors (Lipinski definition) is 7. The van der Waals surface area contributed by atoms with Crippen LogP contribution in [0.4, 0.5) is 5.69 Å². The van der Waals surface area contributed by atoms with E-state index in [9.17, 15) is 9.59 Å². The number of pyridine rings is 1. The van der Waals surface area contributed by atoms with Gasteiger partial charge in [0, 0.05) is 49.3 Å². The molecule has 3 aromatic heterocycles. The number of hydrogen-bond donors (Lipinski definition) is 2. The Kier molecular flexibility index (Phi) is 6.24.